The number of nitrogens with zero attached hydrogens (tertiary/aromatic N) is 2. The van der Waals surface area contributed by atoms with Gasteiger partial charge in [0.05, 0.1) is 6.26 Å². The highest BCUT2D eigenvalue weighted by Gasteiger charge is 2.26. The van der Waals surface area contributed by atoms with E-state index in [9.17, 15) is 8.42 Å². The Kier molecular flexibility index (Phi) is 6.01. The molecule has 0 spiro atoms. The first-order valence-electron chi connectivity index (χ1n) is 8.08. The lowest BCUT2D eigenvalue weighted by Gasteiger charge is -2.36. The molecule has 1 heterocycles. The molecule has 2 rings (SSSR count). The van der Waals surface area contributed by atoms with Crippen molar-refractivity contribution in [1.29, 1.82) is 0 Å². The first-order valence-corrected chi connectivity index (χ1v) is 9.93. The predicted octanol–water partition coefficient (Wildman–Crippen LogP) is 2.54. The summed E-state index contributed by atoms with van der Waals surface area (Å²) in [6.45, 7) is 4.64. The average molecular weight is 324 g/mol. The van der Waals surface area contributed by atoms with Crippen LogP contribution in [-0.2, 0) is 10.0 Å². The number of rotatable bonds is 6. The highest BCUT2D eigenvalue weighted by Crippen LogP contribution is 2.21. The fourth-order valence-corrected chi connectivity index (χ4v) is 4.02. The minimum Gasteiger partial charge on any atom is -0.303 e. The van der Waals surface area contributed by atoms with E-state index in [0.29, 0.717) is 25.0 Å². The summed E-state index contributed by atoms with van der Waals surface area (Å²) in [5, 5.41) is 0. The van der Waals surface area contributed by atoms with Crippen molar-refractivity contribution in [2.45, 2.75) is 38.1 Å². The quantitative estimate of drug-likeness (QED) is 0.807. The van der Waals surface area contributed by atoms with E-state index in [1.54, 1.807) is 4.31 Å². The number of benzene rings is 1. The molecule has 1 aromatic carbocycles. The molecule has 1 aliphatic rings. The van der Waals surface area contributed by atoms with Crippen LogP contribution in [0.2, 0.25) is 0 Å². The maximum absolute atomic E-state index is 11.5. The molecule has 0 amide bonds. The summed E-state index contributed by atoms with van der Waals surface area (Å²) in [5.74, 6) is 0.555. The molecule has 0 saturated carbocycles. The van der Waals surface area contributed by atoms with Crippen molar-refractivity contribution < 1.29 is 8.42 Å². The fraction of sp³-hybridized carbons (Fsp3) is 0.647. The minimum absolute atomic E-state index is 0.501. The summed E-state index contributed by atoms with van der Waals surface area (Å²) < 4.78 is 24.7. The van der Waals surface area contributed by atoms with Crippen molar-refractivity contribution in [3.63, 3.8) is 0 Å². The maximum atomic E-state index is 11.5. The van der Waals surface area contributed by atoms with Crippen molar-refractivity contribution in [3.8, 4) is 0 Å². The molecule has 0 aromatic heterocycles. The van der Waals surface area contributed by atoms with Gasteiger partial charge in [-0.15, -0.1) is 0 Å². The Labute approximate surface area is 135 Å². The van der Waals surface area contributed by atoms with Gasteiger partial charge >= 0.3 is 0 Å². The molecule has 124 valence electrons. The van der Waals surface area contributed by atoms with Crippen LogP contribution < -0.4 is 0 Å². The molecule has 0 N–H and O–H groups in total. The third-order valence-corrected chi connectivity index (χ3v) is 6.10. The lowest BCUT2D eigenvalue weighted by Crippen LogP contribution is -2.45. The van der Waals surface area contributed by atoms with Crippen LogP contribution in [0.1, 0.15) is 37.7 Å². The Morgan fingerprint density at radius 2 is 1.82 bits per heavy atom. The molecule has 4 nitrogen and oxygen atoms in total. The van der Waals surface area contributed by atoms with Gasteiger partial charge in [0.1, 0.15) is 0 Å². The SMILES string of the molecule is C[C@@H](CCN(C)C1CCN(S(C)(=O)=O)CC1)c1ccccc1. The molecule has 1 aromatic rings. The van der Waals surface area contributed by atoms with E-state index in [2.05, 4.69) is 49.2 Å². The van der Waals surface area contributed by atoms with Gasteiger partial charge in [0.15, 0.2) is 0 Å². The minimum atomic E-state index is -3.02. The van der Waals surface area contributed by atoms with Crippen LogP contribution in [0.4, 0.5) is 0 Å². The van der Waals surface area contributed by atoms with Crippen molar-refractivity contribution in [3.05, 3.63) is 35.9 Å². The molecular formula is C17H28N2O2S. The monoisotopic (exact) mass is 324 g/mol. The van der Waals surface area contributed by atoms with Crippen molar-refractivity contribution in [2.24, 2.45) is 0 Å². The van der Waals surface area contributed by atoms with E-state index in [-0.39, 0.29) is 0 Å². The zero-order chi connectivity index (χ0) is 16.2. The van der Waals surface area contributed by atoms with Gasteiger partial charge in [0.2, 0.25) is 10.0 Å². The van der Waals surface area contributed by atoms with Crippen LogP contribution in [-0.4, -0.2) is 56.6 Å². The molecule has 1 atom stereocenters. The zero-order valence-corrected chi connectivity index (χ0v) is 14.7. The first-order chi connectivity index (χ1) is 10.4. The van der Waals surface area contributed by atoms with Gasteiger partial charge in [-0.05, 0) is 44.3 Å². The molecule has 1 aliphatic heterocycles. The largest absolute Gasteiger partial charge is 0.303 e. The Morgan fingerprint density at radius 3 is 2.36 bits per heavy atom. The topological polar surface area (TPSA) is 40.6 Å². The highest BCUT2D eigenvalue weighted by molar-refractivity contribution is 7.88. The number of hydrogen-bond donors (Lipinski definition) is 0. The van der Waals surface area contributed by atoms with Crippen LogP contribution in [0, 0.1) is 0 Å². The smallest absolute Gasteiger partial charge is 0.211 e. The molecule has 0 bridgehead atoms. The third kappa shape index (κ3) is 4.80. The Morgan fingerprint density at radius 1 is 1.23 bits per heavy atom. The second-order valence-electron chi connectivity index (χ2n) is 6.47. The number of hydrogen-bond acceptors (Lipinski definition) is 3. The Hall–Kier alpha value is -0.910. The van der Waals surface area contributed by atoms with Gasteiger partial charge in [0.25, 0.3) is 0 Å². The van der Waals surface area contributed by atoms with Gasteiger partial charge in [-0.2, -0.15) is 0 Å². The van der Waals surface area contributed by atoms with Crippen molar-refractivity contribution in [1.82, 2.24) is 9.21 Å². The Bertz CT molecular complexity index is 551. The standard InChI is InChI=1S/C17H28N2O2S/c1-15(16-7-5-4-6-8-16)9-12-18(2)17-10-13-19(14-11-17)22(3,20)21/h4-8,15,17H,9-14H2,1-3H3/t15-/m0/s1. The summed E-state index contributed by atoms with van der Waals surface area (Å²) >= 11 is 0. The average Bonchev–Trinajstić information content (AvgIpc) is 2.52. The molecule has 0 unspecified atom stereocenters. The van der Waals surface area contributed by atoms with Crippen LogP contribution in [0.3, 0.4) is 0 Å². The Balaban J connectivity index is 1.78. The lowest BCUT2D eigenvalue weighted by molar-refractivity contribution is 0.165. The summed E-state index contributed by atoms with van der Waals surface area (Å²) in [4.78, 5) is 2.40. The molecular weight excluding hydrogens is 296 g/mol. The van der Waals surface area contributed by atoms with Gasteiger partial charge in [-0.1, -0.05) is 37.3 Å². The van der Waals surface area contributed by atoms with E-state index in [4.69, 9.17) is 0 Å². The van der Waals surface area contributed by atoms with Gasteiger partial charge in [-0.25, -0.2) is 12.7 Å². The van der Waals surface area contributed by atoms with E-state index in [1.165, 1.54) is 11.8 Å². The summed E-state index contributed by atoms with van der Waals surface area (Å²) in [7, 11) is -0.857. The number of piperidine rings is 1. The predicted molar refractivity (Wildman–Crippen MR) is 91.5 cm³/mol. The second-order valence-corrected chi connectivity index (χ2v) is 8.46. The highest BCUT2D eigenvalue weighted by atomic mass is 32.2. The van der Waals surface area contributed by atoms with Crippen molar-refractivity contribution >= 4 is 10.0 Å². The summed E-state index contributed by atoms with van der Waals surface area (Å²) in [5.41, 5.74) is 1.39. The molecule has 1 saturated heterocycles. The van der Waals surface area contributed by atoms with Gasteiger partial charge in [0, 0.05) is 19.1 Å². The number of sulfonamides is 1. The van der Waals surface area contributed by atoms with Gasteiger partial charge < -0.3 is 4.90 Å². The molecule has 1 fully saturated rings. The summed E-state index contributed by atoms with van der Waals surface area (Å²) in [6.07, 6.45) is 4.30. The van der Waals surface area contributed by atoms with E-state index in [1.807, 2.05) is 0 Å². The third-order valence-electron chi connectivity index (χ3n) is 4.80. The summed E-state index contributed by atoms with van der Waals surface area (Å²) in [6, 6.07) is 11.1. The maximum Gasteiger partial charge on any atom is 0.211 e. The zero-order valence-electron chi connectivity index (χ0n) is 13.9. The molecule has 5 heteroatoms. The van der Waals surface area contributed by atoms with E-state index >= 15 is 0 Å². The van der Waals surface area contributed by atoms with E-state index in [0.717, 1.165) is 25.8 Å². The molecule has 0 radical (unpaired) electrons. The van der Waals surface area contributed by atoms with Crippen molar-refractivity contribution in [2.75, 3.05) is 32.9 Å². The van der Waals surface area contributed by atoms with Crippen LogP contribution in [0.15, 0.2) is 30.3 Å². The van der Waals surface area contributed by atoms with Gasteiger partial charge in [-0.3, -0.25) is 0 Å². The molecule has 22 heavy (non-hydrogen) atoms. The molecule has 0 aliphatic carbocycles. The van der Waals surface area contributed by atoms with E-state index < -0.39 is 10.0 Å². The lowest BCUT2D eigenvalue weighted by atomic mass is 9.97. The normalized spacial score (nSPS) is 19.5. The van der Waals surface area contributed by atoms with Crippen LogP contribution >= 0.6 is 0 Å². The second kappa shape index (κ2) is 7.57. The van der Waals surface area contributed by atoms with Crippen LogP contribution in [0.25, 0.3) is 0 Å². The first kappa shape index (κ1) is 17.4. The van der Waals surface area contributed by atoms with Crippen LogP contribution in [0.5, 0.6) is 0 Å². The fourth-order valence-electron chi connectivity index (χ4n) is 3.14.